The van der Waals surface area contributed by atoms with Gasteiger partial charge in [0.15, 0.2) is 8.40 Å². The lowest BCUT2D eigenvalue weighted by atomic mass is 11.9. The van der Waals surface area contributed by atoms with Crippen LogP contribution in [0.4, 0.5) is 12.3 Å². The maximum Gasteiger partial charge on any atom is 0.307 e. The van der Waals surface area contributed by atoms with Crippen molar-refractivity contribution in [3.63, 3.8) is 0 Å². The summed E-state index contributed by atoms with van der Waals surface area (Å²) in [5, 5.41) is 0. The molecular formula is C8H25F3N2Si4. The lowest BCUT2D eigenvalue weighted by Gasteiger charge is -2.48. The Labute approximate surface area is 108 Å². The zero-order valence-corrected chi connectivity index (χ0v) is 16.1. The average Bonchev–Trinajstić information content (AvgIpc) is 1.66. The van der Waals surface area contributed by atoms with Crippen molar-refractivity contribution in [2.24, 2.45) is 0 Å². The number of halogens is 3. The molecule has 104 valence electrons. The molecule has 17 heavy (non-hydrogen) atoms. The summed E-state index contributed by atoms with van der Waals surface area (Å²) >= 11 is 0. The molecule has 0 aliphatic rings. The average molecular weight is 319 g/mol. The number of hydrogen-bond acceptors (Lipinski definition) is 2. The van der Waals surface area contributed by atoms with Gasteiger partial charge in [0, 0.05) is 0 Å². The molecule has 1 N–H and O–H groups in total. The number of hydrogen-bond donors (Lipinski definition) is 1. The van der Waals surface area contributed by atoms with Gasteiger partial charge in [-0.2, -0.15) is 0 Å². The number of rotatable bonds is 5. The molecule has 0 bridgehead atoms. The first-order valence-electron chi connectivity index (χ1n) is 5.74. The summed E-state index contributed by atoms with van der Waals surface area (Å²) in [5.41, 5.74) is 0. The molecule has 0 atom stereocenters. The monoisotopic (exact) mass is 318 g/mol. The Balaban J connectivity index is 5.34. The smallest absolute Gasteiger partial charge is 0.307 e. The van der Waals surface area contributed by atoms with Crippen LogP contribution < -0.4 is 4.65 Å². The fourth-order valence-electron chi connectivity index (χ4n) is 2.74. The van der Waals surface area contributed by atoms with Gasteiger partial charge >= 0.3 is 25.7 Å². The summed E-state index contributed by atoms with van der Waals surface area (Å²) < 4.78 is 46.9. The quantitative estimate of drug-likeness (QED) is 0.615. The minimum absolute atomic E-state index is 1.43. The third-order valence-electron chi connectivity index (χ3n) is 2.23. The Morgan fingerprint density at radius 2 is 1.00 bits per heavy atom. The van der Waals surface area contributed by atoms with E-state index >= 15 is 0 Å². The number of nitrogens with one attached hydrogen (secondary N) is 1. The molecular weight excluding hydrogens is 293 g/mol. The summed E-state index contributed by atoms with van der Waals surface area (Å²) in [4.78, 5) is 0. The summed E-state index contributed by atoms with van der Waals surface area (Å²) in [6, 6.07) is 0. The predicted molar refractivity (Wildman–Crippen MR) is 78.2 cm³/mol. The Hall–Kier alpha value is 0.578. The molecule has 0 rings (SSSR count). The first kappa shape index (κ1) is 17.6. The van der Waals surface area contributed by atoms with E-state index in [0.29, 0.717) is 0 Å². The minimum atomic E-state index is -3.28. The van der Waals surface area contributed by atoms with Gasteiger partial charge in [0.1, 0.15) is 0 Å². The SMILES string of the molecule is C[Si](C)(F)N[Si](C)(C)N([Si](C)(C)F)[Si](C)(C)F. The van der Waals surface area contributed by atoms with Gasteiger partial charge < -0.3 is 8.54 Å². The second-order valence-electron chi connectivity index (χ2n) is 6.31. The van der Waals surface area contributed by atoms with Gasteiger partial charge in [-0.25, -0.2) is 0 Å². The summed E-state index contributed by atoms with van der Waals surface area (Å²) in [6.07, 6.45) is 0. The molecule has 0 aromatic heterocycles. The topological polar surface area (TPSA) is 15.3 Å². The lowest BCUT2D eigenvalue weighted by molar-refractivity contribution is 0.615. The van der Waals surface area contributed by atoms with E-state index in [-0.39, 0.29) is 0 Å². The zero-order chi connectivity index (χ0) is 14.3. The standard InChI is InChI=1S/C8H25F3N2Si4/c1-14(2,9)12-17(7,8)13(15(3,4)10)16(5,6)11/h12H,1-8H3. The van der Waals surface area contributed by atoms with E-state index in [9.17, 15) is 12.3 Å². The van der Waals surface area contributed by atoms with Gasteiger partial charge in [0.2, 0.25) is 0 Å². The van der Waals surface area contributed by atoms with E-state index in [4.69, 9.17) is 0 Å². The van der Waals surface area contributed by atoms with Gasteiger partial charge in [-0.3, -0.25) is 12.3 Å². The molecule has 0 saturated carbocycles. The summed E-state index contributed by atoms with van der Waals surface area (Å²) in [7, 11) is -12.2. The highest BCUT2D eigenvalue weighted by Crippen LogP contribution is 2.28. The van der Waals surface area contributed by atoms with E-state index in [2.05, 4.69) is 4.65 Å². The van der Waals surface area contributed by atoms with E-state index in [1.165, 1.54) is 43.2 Å². The van der Waals surface area contributed by atoms with Gasteiger partial charge in [0.25, 0.3) is 0 Å². The lowest BCUT2D eigenvalue weighted by Crippen LogP contribution is -2.77. The van der Waals surface area contributed by atoms with Crippen molar-refractivity contribution >= 4 is 34.1 Å². The Morgan fingerprint density at radius 3 is 1.18 bits per heavy atom. The van der Waals surface area contributed by atoms with Crippen LogP contribution in [0.5, 0.6) is 0 Å². The van der Waals surface area contributed by atoms with Crippen LogP contribution in [0.15, 0.2) is 0 Å². The van der Waals surface area contributed by atoms with Crippen LogP contribution in [-0.2, 0) is 0 Å². The van der Waals surface area contributed by atoms with E-state index in [0.717, 1.165) is 0 Å². The Kier molecular flexibility index (Phi) is 5.09. The molecule has 0 heterocycles. The second-order valence-corrected chi connectivity index (χ2v) is 21.7. The molecule has 0 aliphatic carbocycles. The Morgan fingerprint density at radius 1 is 0.706 bits per heavy atom. The molecule has 9 heteroatoms. The molecule has 0 saturated heterocycles. The summed E-state index contributed by atoms with van der Waals surface area (Å²) in [5.74, 6) is 0. The molecule has 0 aromatic rings. The molecule has 0 unspecified atom stereocenters. The van der Waals surface area contributed by atoms with Crippen LogP contribution in [0, 0.1) is 0 Å². The van der Waals surface area contributed by atoms with Gasteiger partial charge in [-0.05, 0) is 52.4 Å². The van der Waals surface area contributed by atoms with Crippen molar-refractivity contribution in [3.05, 3.63) is 0 Å². The first-order chi connectivity index (χ1) is 7.07. The van der Waals surface area contributed by atoms with E-state index < -0.39 is 34.1 Å². The van der Waals surface area contributed by atoms with Crippen molar-refractivity contribution < 1.29 is 12.3 Å². The molecule has 0 spiro atoms. The largest absolute Gasteiger partial charge is 0.323 e. The van der Waals surface area contributed by atoms with E-state index in [1.54, 1.807) is 13.1 Å². The fourth-order valence-corrected chi connectivity index (χ4v) is 25.7. The van der Waals surface area contributed by atoms with Crippen molar-refractivity contribution in [2.45, 2.75) is 52.4 Å². The highest BCUT2D eigenvalue weighted by atomic mass is 28.5. The van der Waals surface area contributed by atoms with Crippen LogP contribution in [0.2, 0.25) is 52.4 Å². The highest BCUT2D eigenvalue weighted by molar-refractivity contribution is 7.03. The predicted octanol–water partition coefficient (Wildman–Crippen LogP) is 3.59. The van der Waals surface area contributed by atoms with E-state index in [1.807, 2.05) is 0 Å². The van der Waals surface area contributed by atoms with Gasteiger partial charge in [-0.15, -0.1) is 0 Å². The molecule has 0 aromatic carbocycles. The molecule has 2 nitrogen and oxygen atoms in total. The van der Waals surface area contributed by atoms with Crippen molar-refractivity contribution in [3.8, 4) is 0 Å². The molecule has 0 radical (unpaired) electrons. The van der Waals surface area contributed by atoms with Crippen molar-refractivity contribution in [1.29, 1.82) is 0 Å². The fraction of sp³-hybridized carbons (Fsp3) is 1.00. The number of nitrogens with zero attached hydrogens (tertiary/aromatic N) is 1. The van der Waals surface area contributed by atoms with Gasteiger partial charge in [0.05, 0.1) is 0 Å². The van der Waals surface area contributed by atoms with Crippen LogP contribution >= 0.6 is 0 Å². The molecule has 0 aliphatic heterocycles. The van der Waals surface area contributed by atoms with Gasteiger partial charge in [-0.1, -0.05) is 0 Å². The van der Waals surface area contributed by atoms with Crippen LogP contribution in [0.1, 0.15) is 0 Å². The third-order valence-corrected chi connectivity index (χ3v) is 20.0. The zero-order valence-electron chi connectivity index (χ0n) is 12.1. The normalized spacial score (nSPS) is 15.5. The van der Waals surface area contributed by atoms with Crippen LogP contribution in [-0.4, -0.2) is 38.0 Å². The highest BCUT2D eigenvalue weighted by Gasteiger charge is 2.53. The molecule has 0 fully saturated rings. The van der Waals surface area contributed by atoms with Crippen molar-refractivity contribution in [2.75, 3.05) is 0 Å². The van der Waals surface area contributed by atoms with Crippen molar-refractivity contribution in [1.82, 2.24) is 8.54 Å². The van der Waals surface area contributed by atoms with Crippen LogP contribution in [0.25, 0.3) is 0 Å². The third kappa shape index (κ3) is 5.83. The second kappa shape index (κ2) is 4.93. The first-order valence-corrected chi connectivity index (χ1v) is 17.2. The minimum Gasteiger partial charge on any atom is -0.323 e. The molecule has 0 amide bonds. The summed E-state index contributed by atoms with van der Waals surface area (Å²) in [6.45, 7) is 12.5. The maximum absolute atomic E-state index is 14.4. The Bertz CT molecular complexity index is 253. The van der Waals surface area contributed by atoms with Crippen LogP contribution in [0.3, 0.4) is 0 Å². The maximum atomic E-state index is 14.4.